The molecule has 19 heavy (non-hydrogen) atoms. The average Bonchev–Trinajstić information content (AvgIpc) is 2.80. The van der Waals surface area contributed by atoms with Gasteiger partial charge in [0.1, 0.15) is 0 Å². The van der Waals surface area contributed by atoms with Crippen LogP contribution in [0.5, 0.6) is 0 Å². The lowest BCUT2D eigenvalue weighted by Gasteiger charge is -2.10. The standard InChI is InChI=1S/C11H7BrF3N3O/c12-8-2-1-6(5-7(8)11(13,14)15)9(19)18-10-16-3-4-17-10/h1-5H,(H2,16,17,18,19). The van der Waals surface area contributed by atoms with Gasteiger partial charge in [-0.2, -0.15) is 13.2 Å². The number of halogens is 4. The summed E-state index contributed by atoms with van der Waals surface area (Å²) in [6, 6.07) is 3.25. The molecule has 0 atom stereocenters. The van der Waals surface area contributed by atoms with Crippen LogP contribution in [-0.4, -0.2) is 15.9 Å². The Hall–Kier alpha value is -1.83. The highest BCUT2D eigenvalue weighted by Gasteiger charge is 2.33. The summed E-state index contributed by atoms with van der Waals surface area (Å²) in [5.74, 6) is -0.505. The SMILES string of the molecule is O=C(Nc1ncc[nH]1)c1ccc(Br)c(C(F)(F)F)c1. The molecule has 100 valence electrons. The van der Waals surface area contributed by atoms with Gasteiger partial charge >= 0.3 is 6.18 Å². The zero-order valence-electron chi connectivity index (χ0n) is 9.25. The number of aromatic nitrogens is 2. The number of hydrogen-bond donors (Lipinski definition) is 2. The minimum Gasteiger partial charge on any atom is -0.331 e. The van der Waals surface area contributed by atoms with Crippen molar-refractivity contribution < 1.29 is 18.0 Å². The molecular weight excluding hydrogens is 327 g/mol. The van der Waals surface area contributed by atoms with E-state index in [0.717, 1.165) is 6.07 Å². The number of carbonyl (C=O) groups is 1. The van der Waals surface area contributed by atoms with Gasteiger partial charge in [-0.25, -0.2) is 4.98 Å². The van der Waals surface area contributed by atoms with Gasteiger partial charge in [0, 0.05) is 22.4 Å². The molecule has 1 amide bonds. The van der Waals surface area contributed by atoms with Crippen LogP contribution in [0.15, 0.2) is 35.1 Å². The Morgan fingerprint density at radius 3 is 2.68 bits per heavy atom. The topological polar surface area (TPSA) is 57.8 Å². The molecule has 4 nitrogen and oxygen atoms in total. The van der Waals surface area contributed by atoms with E-state index in [-0.39, 0.29) is 16.0 Å². The summed E-state index contributed by atoms with van der Waals surface area (Å²) in [7, 11) is 0. The summed E-state index contributed by atoms with van der Waals surface area (Å²) in [5, 5.41) is 2.35. The number of benzene rings is 1. The van der Waals surface area contributed by atoms with Crippen LogP contribution in [0.4, 0.5) is 19.1 Å². The van der Waals surface area contributed by atoms with Gasteiger partial charge in [0.25, 0.3) is 5.91 Å². The number of imidazole rings is 1. The molecule has 0 aliphatic carbocycles. The maximum Gasteiger partial charge on any atom is 0.417 e. The van der Waals surface area contributed by atoms with Gasteiger partial charge < -0.3 is 4.98 Å². The summed E-state index contributed by atoms with van der Waals surface area (Å²) in [6.07, 6.45) is -1.63. The second-order valence-corrected chi connectivity index (χ2v) is 4.44. The number of amides is 1. The van der Waals surface area contributed by atoms with E-state index in [1.807, 2.05) is 0 Å². The van der Waals surface area contributed by atoms with Crippen LogP contribution in [0.1, 0.15) is 15.9 Å². The molecule has 0 unspecified atom stereocenters. The molecule has 8 heteroatoms. The monoisotopic (exact) mass is 333 g/mol. The van der Waals surface area contributed by atoms with Gasteiger partial charge in [0.15, 0.2) is 0 Å². The predicted molar refractivity (Wildman–Crippen MR) is 65.7 cm³/mol. The molecule has 0 aliphatic rings. The molecule has 2 rings (SSSR count). The van der Waals surface area contributed by atoms with Crippen LogP contribution in [0.3, 0.4) is 0 Å². The fraction of sp³-hybridized carbons (Fsp3) is 0.0909. The van der Waals surface area contributed by atoms with E-state index in [2.05, 4.69) is 31.2 Å². The molecule has 0 saturated heterocycles. The molecule has 1 heterocycles. The van der Waals surface area contributed by atoms with Gasteiger partial charge in [-0.1, -0.05) is 15.9 Å². The first-order valence-corrected chi connectivity index (χ1v) is 5.84. The van der Waals surface area contributed by atoms with E-state index in [1.54, 1.807) is 0 Å². The third kappa shape index (κ3) is 3.14. The molecule has 0 aliphatic heterocycles. The predicted octanol–water partition coefficient (Wildman–Crippen LogP) is 3.44. The minimum atomic E-state index is -4.53. The molecule has 0 saturated carbocycles. The first-order chi connectivity index (χ1) is 8.88. The zero-order chi connectivity index (χ0) is 14.0. The van der Waals surface area contributed by atoms with Gasteiger partial charge in [-0.05, 0) is 18.2 Å². The number of hydrogen-bond acceptors (Lipinski definition) is 2. The van der Waals surface area contributed by atoms with Gasteiger partial charge in [0.2, 0.25) is 5.95 Å². The van der Waals surface area contributed by atoms with Crippen LogP contribution >= 0.6 is 15.9 Å². The molecule has 0 bridgehead atoms. The van der Waals surface area contributed by atoms with Crippen molar-refractivity contribution in [2.75, 3.05) is 5.32 Å². The van der Waals surface area contributed by atoms with Crippen molar-refractivity contribution >= 4 is 27.8 Å². The van der Waals surface area contributed by atoms with Crippen molar-refractivity contribution in [1.29, 1.82) is 0 Å². The van der Waals surface area contributed by atoms with Gasteiger partial charge in [0.05, 0.1) is 5.56 Å². The third-order valence-electron chi connectivity index (χ3n) is 2.26. The van der Waals surface area contributed by atoms with Crippen LogP contribution in [0, 0.1) is 0 Å². The Morgan fingerprint density at radius 2 is 2.11 bits per heavy atom. The summed E-state index contributed by atoms with van der Waals surface area (Å²) in [5.41, 5.74) is -1.01. The zero-order valence-corrected chi connectivity index (χ0v) is 10.8. The van der Waals surface area contributed by atoms with Gasteiger partial charge in [-0.3, -0.25) is 10.1 Å². The van der Waals surface area contributed by atoms with Crippen molar-refractivity contribution in [3.63, 3.8) is 0 Å². The van der Waals surface area contributed by atoms with E-state index >= 15 is 0 Å². The second-order valence-electron chi connectivity index (χ2n) is 3.58. The highest BCUT2D eigenvalue weighted by Crippen LogP contribution is 2.35. The maximum atomic E-state index is 12.7. The molecule has 2 aromatic rings. The lowest BCUT2D eigenvalue weighted by atomic mass is 10.1. The summed E-state index contributed by atoms with van der Waals surface area (Å²) < 4.78 is 38.0. The third-order valence-corrected chi connectivity index (χ3v) is 2.96. The van der Waals surface area contributed by atoms with Crippen LogP contribution in [0.25, 0.3) is 0 Å². The van der Waals surface area contributed by atoms with E-state index < -0.39 is 17.6 Å². The molecule has 2 N–H and O–H groups in total. The number of carbonyl (C=O) groups excluding carboxylic acids is 1. The number of nitrogens with one attached hydrogen (secondary N) is 2. The first kappa shape index (κ1) is 13.6. The fourth-order valence-electron chi connectivity index (χ4n) is 1.40. The quantitative estimate of drug-likeness (QED) is 0.884. The van der Waals surface area contributed by atoms with E-state index in [0.29, 0.717) is 0 Å². The van der Waals surface area contributed by atoms with Crippen molar-refractivity contribution in [2.45, 2.75) is 6.18 Å². The largest absolute Gasteiger partial charge is 0.417 e. The number of rotatable bonds is 2. The van der Waals surface area contributed by atoms with Crippen LogP contribution in [0.2, 0.25) is 0 Å². The Morgan fingerprint density at radius 1 is 1.37 bits per heavy atom. The smallest absolute Gasteiger partial charge is 0.331 e. The van der Waals surface area contributed by atoms with Gasteiger partial charge in [-0.15, -0.1) is 0 Å². The Labute approximate surface area is 114 Å². The molecule has 0 spiro atoms. The number of anilines is 1. The molecule has 1 aromatic heterocycles. The number of aromatic amines is 1. The average molecular weight is 334 g/mol. The van der Waals surface area contributed by atoms with Crippen molar-refractivity contribution in [1.82, 2.24) is 9.97 Å². The highest BCUT2D eigenvalue weighted by molar-refractivity contribution is 9.10. The maximum absolute atomic E-state index is 12.7. The second kappa shape index (κ2) is 5.04. The van der Waals surface area contributed by atoms with Crippen molar-refractivity contribution in [3.8, 4) is 0 Å². The van der Waals surface area contributed by atoms with E-state index in [9.17, 15) is 18.0 Å². The summed E-state index contributed by atoms with van der Waals surface area (Å²) in [6.45, 7) is 0. The van der Waals surface area contributed by atoms with Crippen LogP contribution in [-0.2, 0) is 6.18 Å². The normalized spacial score (nSPS) is 11.4. The number of alkyl halides is 3. The number of H-pyrrole nitrogens is 1. The molecule has 0 radical (unpaired) electrons. The Bertz CT molecular complexity index is 596. The Kier molecular flexibility index (Phi) is 3.61. The fourth-order valence-corrected chi connectivity index (χ4v) is 1.87. The lowest BCUT2D eigenvalue weighted by Crippen LogP contribution is -2.15. The summed E-state index contributed by atoms with van der Waals surface area (Å²) >= 11 is 2.81. The van der Waals surface area contributed by atoms with Crippen LogP contribution < -0.4 is 5.32 Å². The summed E-state index contributed by atoms with van der Waals surface area (Å²) in [4.78, 5) is 18.1. The molecule has 0 fully saturated rings. The molecule has 1 aromatic carbocycles. The first-order valence-electron chi connectivity index (χ1n) is 5.05. The molecular formula is C11H7BrF3N3O. The van der Waals surface area contributed by atoms with E-state index in [4.69, 9.17) is 0 Å². The minimum absolute atomic E-state index is 0.105. The van der Waals surface area contributed by atoms with Crippen molar-refractivity contribution in [3.05, 3.63) is 46.2 Å². The number of nitrogens with zero attached hydrogens (tertiary/aromatic N) is 1. The van der Waals surface area contributed by atoms with E-state index in [1.165, 1.54) is 24.5 Å². The van der Waals surface area contributed by atoms with Crippen molar-refractivity contribution in [2.24, 2.45) is 0 Å². The Balaban J connectivity index is 2.28. The highest BCUT2D eigenvalue weighted by atomic mass is 79.9. The lowest BCUT2D eigenvalue weighted by molar-refractivity contribution is -0.138.